The SMILES string of the molecule is CCc1c(-c2ccccc2)nc2ccccc2c1C(=O)NCc1ccc(F)cc1. The number of hydrogen-bond donors (Lipinski definition) is 1. The van der Waals surface area contributed by atoms with Crippen LogP contribution in [0.2, 0.25) is 0 Å². The Labute approximate surface area is 169 Å². The first-order valence-corrected chi connectivity index (χ1v) is 9.67. The van der Waals surface area contributed by atoms with Crippen molar-refractivity contribution in [3.05, 3.63) is 101 Å². The van der Waals surface area contributed by atoms with Crippen LogP contribution < -0.4 is 5.32 Å². The monoisotopic (exact) mass is 384 g/mol. The van der Waals surface area contributed by atoms with E-state index >= 15 is 0 Å². The zero-order chi connectivity index (χ0) is 20.2. The van der Waals surface area contributed by atoms with Crippen LogP contribution in [0.25, 0.3) is 22.2 Å². The van der Waals surface area contributed by atoms with Crippen molar-refractivity contribution in [2.24, 2.45) is 0 Å². The lowest BCUT2D eigenvalue weighted by Gasteiger charge is -2.16. The van der Waals surface area contributed by atoms with Gasteiger partial charge in [-0.1, -0.05) is 67.6 Å². The number of carbonyl (C=O) groups is 1. The van der Waals surface area contributed by atoms with Gasteiger partial charge >= 0.3 is 0 Å². The number of nitrogens with one attached hydrogen (secondary N) is 1. The molecule has 0 atom stereocenters. The zero-order valence-electron chi connectivity index (χ0n) is 16.2. The Morgan fingerprint density at radius 3 is 2.34 bits per heavy atom. The number of pyridine rings is 1. The predicted molar refractivity (Wildman–Crippen MR) is 114 cm³/mol. The molecule has 0 aliphatic heterocycles. The van der Waals surface area contributed by atoms with Gasteiger partial charge in [0, 0.05) is 17.5 Å². The number of fused-ring (bicyclic) bond motifs is 1. The second-order valence-electron chi connectivity index (χ2n) is 6.86. The normalized spacial score (nSPS) is 10.8. The summed E-state index contributed by atoms with van der Waals surface area (Å²) in [6.07, 6.45) is 0.682. The molecule has 0 saturated heterocycles. The van der Waals surface area contributed by atoms with E-state index in [1.807, 2.05) is 61.5 Å². The van der Waals surface area contributed by atoms with Crippen LogP contribution in [-0.2, 0) is 13.0 Å². The van der Waals surface area contributed by atoms with Crippen LogP contribution in [0.3, 0.4) is 0 Å². The standard InChI is InChI=1S/C25H21FN2O/c1-2-20-23(25(29)27-16-17-12-14-19(26)15-13-17)21-10-6-7-11-22(21)28-24(20)18-8-4-3-5-9-18/h3-15H,2,16H2,1H3,(H,27,29). The first-order valence-electron chi connectivity index (χ1n) is 9.67. The average Bonchev–Trinajstić information content (AvgIpc) is 2.77. The van der Waals surface area contributed by atoms with E-state index < -0.39 is 0 Å². The van der Waals surface area contributed by atoms with Crippen molar-refractivity contribution >= 4 is 16.8 Å². The molecule has 4 heteroatoms. The fourth-order valence-corrected chi connectivity index (χ4v) is 3.56. The Morgan fingerprint density at radius 2 is 1.62 bits per heavy atom. The van der Waals surface area contributed by atoms with Gasteiger partial charge in [0.1, 0.15) is 5.82 Å². The Morgan fingerprint density at radius 1 is 0.931 bits per heavy atom. The van der Waals surface area contributed by atoms with Crippen LogP contribution in [-0.4, -0.2) is 10.9 Å². The minimum Gasteiger partial charge on any atom is -0.348 e. The Kier molecular flexibility index (Phi) is 5.34. The van der Waals surface area contributed by atoms with E-state index in [2.05, 4.69) is 5.32 Å². The second-order valence-corrected chi connectivity index (χ2v) is 6.86. The molecule has 0 saturated carbocycles. The molecule has 0 spiro atoms. The number of aromatic nitrogens is 1. The molecule has 0 aliphatic rings. The van der Waals surface area contributed by atoms with Crippen molar-refractivity contribution in [1.29, 1.82) is 0 Å². The number of para-hydroxylation sites is 1. The minimum atomic E-state index is -0.291. The summed E-state index contributed by atoms with van der Waals surface area (Å²) in [6.45, 7) is 2.37. The molecule has 3 aromatic carbocycles. The molecule has 144 valence electrons. The number of carbonyl (C=O) groups excluding carboxylic acids is 1. The van der Waals surface area contributed by atoms with Gasteiger partial charge < -0.3 is 5.32 Å². The summed E-state index contributed by atoms with van der Waals surface area (Å²) in [5.41, 5.74) is 5.03. The molecule has 1 heterocycles. The molecule has 4 rings (SSSR count). The molecular weight excluding hydrogens is 363 g/mol. The topological polar surface area (TPSA) is 42.0 Å². The third-order valence-electron chi connectivity index (χ3n) is 4.99. The lowest BCUT2D eigenvalue weighted by Crippen LogP contribution is -2.25. The molecule has 4 aromatic rings. The first kappa shape index (κ1) is 18.8. The number of rotatable bonds is 5. The van der Waals surface area contributed by atoms with Gasteiger partial charge in [0.2, 0.25) is 0 Å². The van der Waals surface area contributed by atoms with Gasteiger partial charge in [-0.15, -0.1) is 0 Å². The third kappa shape index (κ3) is 3.87. The van der Waals surface area contributed by atoms with Crippen LogP contribution in [0.4, 0.5) is 4.39 Å². The van der Waals surface area contributed by atoms with Gasteiger partial charge in [-0.3, -0.25) is 4.79 Å². The molecule has 1 amide bonds. The fraction of sp³-hybridized carbons (Fsp3) is 0.120. The van der Waals surface area contributed by atoms with E-state index in [-0.39, 0.29) is 11.7 Å². The van der Waals surface area contributed by atoms with E-state index in [0.717, 1.165) is 33.3 Å². The number of benzene rings is 3. The van der Waals surface area contributed by atoms with E-state index in [4.69, 9.17) is 4.98 Å². The van der Waals surface area contributed by atoms with E-state index in [1.54, 1.807) is 12.1 Å². The summed E-state index contributed by atoms with van der Waals surface area (Å²) in [4.78, 5) is 18.1. The molecule has 0 bridgehead atoms. The maximum atomic E-state index is 13.2. The van der Waals surface area contributed by atoms with Crippen molar-refractivity contribution < 1.29 is 9.18 Å². The van der Waals surface area contributed by atoms with Gasteiger partial charge in [0.05, 0.1) is 16.8 Å². The Bertz CT molecular complexity index is 1150. The van der Waals surface area contributed by atoms with E-state index in [0.29, 0.717) is 18.5 Å². The molecule has 0 aliphatic carbocycles. The van der Waals surface area contributed by atoms with Gasteiger partial charge in [0.25, 0.3) is 5.91 Å². The smallest absolute Gasteiger partial charge is 0.252 e. The fourth-order valence-electron chi connectivity index (χ4n) is 3.56. The molecule has 1 N–H and O–H groups in total. The van der Waals surface area contributed by atoms with Crippen LogP contribution in [0.5, 0.6) is 0 Å². The van der Waals surface area contributed by atoms with Gasteiger partial charge in [0.15, 0.2) is 0 Å². The maximum absolute atomic E-state index is 13.2. The highest BCUT2D eigenvalue weighted by Gasteiger charge is 2.20. The van der Waals surface area contributed by atoms with Crippen LogP contribution >= 0.6 is 0 Å². The zero-order valence-corrected chi connectivity index (χ0v) is 16.2. The van der Waals surface area contributed by atoms with Crippen molar-refractivity contribution in [1.82, 2.24) is 10.3 Å². The highest BCUT2D eigenvalue weighted by molar-refractivity contribution is 6.09. The van der Waals surface area contributed by atoms with Crippen LogP contribution in [0.1, 0.15) is 28.4 Å². The molecule has 0 fully saturated rings. The van der Waals surface area contributed by atoms with E-state index in [9.17, 15) is 9.18 Å². The Balaban J connectivity index is 1.79. The largest absolute Gasteiger partial charge is 0.348 e. The van der Waals surface area contributed by atoms with E-state index in [1.165, 1.54) is 12.1 Å². The minimum absolute atomic E-state index is 0.151. The summed E-state index contributed by atoms with van der Waals surface area (Å²) in [6, 6.07) is 23.8. The highest BCUT2D eigenvalue weighted by Crippen LogP contribution is 2.30. The van der Waals surface area contributed by atoms with Gasteiger partial charge in [-0.05, 0) is 35.7 Å². The molecule has 29 heavy (non-hydrogen) atoms. The summed E-state index contributed by atoms with van der Waals surface area (Å²) in [5, 5.41) is 3.83. The second kappa shape index (κ2) is 8.23. The number of hydrogen-bond acceptors (Lipinski definition) is 2. The highest BCUT2D eigenvalue weighted by atomic mass is 19.1. The van der Waals surface area contributed by atoms with Crippen molar-refractivity contribution in [3.63, 3.8) is 0 Å². The summed E-state index contributed by atoms with van der Waals surface area (Å²) in [7, 11) is 0. The summed E-state index contributed by atoms with van der Waals surface area (Å²) >= 11 is 0. The molecule has 3 nitrogen and oxygen atoms in total. The average molecular weight is 384 g/mol. The van der Waals surface area contributed by atoms with Crippen LogP contribution in [0, 0.1) is 5.82 Å². The number of amides is 1. The number of nitrogens with zero attached hydrogens (tertiary/aromatic N) is 1. The predicted octanol–water partition coefficient (Wildman–Crippen LogP) is 5.53. The van der Waals surface area contributed by atoms with Gasteiger partial charge in [-0.25, -0.2) is 9.37 Å². The van der Waals surface area contributed by atoms with Crippen molar-refractivity contribution in [2.45, 2.75) is 19.9 Å². The molecule has 0 unspecified atom stereocenters. The lowest BCUT2D eigenvalue weighted by atomic mass is 9.94. The molecular formula is C25H21FN2O. The van der Waals surface area contributed by atoms with Gasteiger partial charge in [-0.2, -0.15) is 0 Å². The summed E-state index contributed by atoms with van der Waals surface area (Å²) < 4.78 is 13.1. The Hall–Kier alpha value is -3.53. The van der Waals surface area contributed by atoms with Crippen molar-refractivity contribution in [2.75, 3.05) is 0 Å². The number of halogens is 1. The van der Waals surface area contributed by atoms with Crippen LogP contribution in [0.15, 0.2) is 78.9 Å². The molecule has 1 aromatic heterocycles. The maximum Gasteiger partial charge on any atom is 0.252 e. The van der Waals surface area contributed by atoms with Crippen molar-refractivity contribution in [3.8, 4) is 11.3 Å². The summed E-state index contributed by atoms with van der Waals surface area (Å²) in [5.74, 6) is -0.442. The third-order valence-corrected chi connectivity index (χ3v) is 4.99. The first-order chi connectivity index (χ1) is 14.2. The quantitative estimate of drug-likeness (QED) is 0.491. The lowest BCUT2D eigenvalue weighted by molar-refractivity contribution is 0.0951. The molecule has 0 radical (unpaired) electrons.